The molecule has 0 spiro atoms. The number of aromatic nitrogens is 2. The first-order valence-corrected chi connectivity index (χ1v) is 10.5. The highest BCUT2D eigenvalue weighted by molar-refractivity contribution is 6.42. The minimum atomic E-state index is -0.0612. The van der Waals surface area contributed by atoms with Gasteiger partial charge < -0.3 is 9.64 Å². The standard InChI is InChI=1S/C22H22Cl2N4O2/c23-18-7-4-8-20(21(18)24)30-16-28-10-9-19(25-28)22(29)27-13-11-26(12-14-27)15-17-5-2-1-3-6-17/h1-10H,11-16H2. The molecule has 2 aromatic carbocycles. The summed E-state index contributed by atoms with van der Waals surface area (Å²) >= 11 is 12.1. The number of piperazine rings is 1. The molecule has 4 rings (SSSR count). The molecule has 0 bridgehead atoms. The molecule has 2 heterocycles. The summed E-state index contributed by atoms with van der Waals surface area (Å²) in [6.45, 7) is 4.11. The molecule has 1 fully saturated rings. The third-order valence-corrected chi connectivity index (χ3v) is 5.84. The lowest BCUT2D eigenvalue weighted by Gasteiger charge is -2.34. The summed E-state index contributed by atoms with van der Waals surface area (Å²) in [5.41, 5.74) is 1.70. The van der Waals surface area contributed by atoms with Crippen molar-refractivity contribution < 1.29 is 9.53 Å². The molecular weight excluding hydrogens is 423 g/mol. The van der Waals surface area contributed by atoms with Crippen molar-refractivity contribution >= 4 is 29.1 Å². The fraction of sp³-hybridized carbons (Fsp3) is 0.273. The van der Waals surface area contributed by atoms with Gasteiger partial charge in [0.05, 0.1) is 5.02 Å². The zero-order valence-electron chi connectivity index (χ0n) is 16.4. The van der Waals surface area contributed by atoms with E-state index in [9.17, 15) is 4.79 Å². The predicted molar refractivity (Wildman–Crippen MR) is 117 cm³/mol. The Labute approximate surface area is 185 Å². The number of nitrogens with zero attached hydrogens (tertiary/aromatic N) is 4. The summed E-state index contributed by atoms with van der Waals surface area (Å²) in [7, 11) is 0. The lowest BCUT2D eigenvalue weighted by molar-refractivity contribution is 0.0621. The van der Waals surface area contributed by atoms with Crippen LogP contribution in [0.5, 0.6) is 5.75 Å². The van der Waals surface area contributed by atoms with Gasteiger partial charge in [0.2, 0.25) is 0 Å². The van der Waals surface area contributed by atoms with Crippen LogP contribution in [0.1, 0.15) is 16.1 Å². The van der Waals surface area contributed by atoms with Crippen molar-refractivity contribution in [3.05, 3.63) is 82.1 Å². The molecule has 0 N–H and O–H groups in total. The van der Waals surface area contributed by atoms with Crippen LogP contribution in [0.4, 0.5) is 0 Å². The molecule has 0 saturated carbocycles. The van der Waals surface area contributed by atoms with Crippen molar-refractivity contribution in [2.45, 2.75) is 13.3 Å². The largest absolute Gasteiger partial charge is 0.470 e. The van der Waals surface area contributed by atoms with Crippen LogP contribution < -0.4 is 4.74 Å². The average Bonchev–Trinajstić information content (AvgIpc) is 3.25. The van der Waals surface area contributed by atoms with Crippen molar-refractivity contribution in [2.24, 2.45) is 0 Å². The zero-order chi connectivity index (χ0) is 20.9. The van der Waals surface area contributed by atoms with E-state index >= 15 is 0 Å². The van der Waals surface area contributed by atoms with Gasteiger partial charge in [0.15, 0.2) is 12.4 Å². The van der Waals surface area contributed by atoms with E-state index in [4.69, 9.17) is 27.9 Å². The Morgan fingerprint density at radius 3 is 2.50 bits per heavy atom. The van der Waals surface area contributed by atoms with Gasteiger partial charge in [0, 0.05) is 38.9 Å². The summed E-state index contributed by atoms with van der Waals surface area (Å²) in [5, 5.41) is 5.14. The van der Waals surface area contributed by atoms with Crippen LogP contribution in [0.15, 0.2) is 60.8 Å². The van der Waals surface area contributed by atoms with Gasteiger partial charge in [-0.3, -0.25) is 9.69 Å². The topological polar surface area (TPSA) is 50.6 Å². The van der Waals surface area contributed by atoms with Crippen LogP contribution in [0.2, 0.25) is 10.0 Å². The molecule has 1 aliphatic rings. The Balaban J connectivity index is 1.29. The molecule has 0 atom stereocenters. The van der Waals surface area contributed by atoms with E-state index in [2.05, 4.69) is 34.3 Å². The summed E-state index contributed by atoms with van der Waals surface area (Å²) < 4.78 is 7.23. The second kappa shape index (κ2) is 9.51. The number of benzene rings is 2. The summed E-state index contributed by atoms with van der Waals surface area (Å²) in [5.74, 6) is 0.413. The summed E-state index contributed by atoms with van der Waals surface area (Å²) in [6.07, 6.45) is 1.72. The van der Waals surface area contributed by atoms with Crippen LogP contribution in [0.3, 0.4) is 0 Å². The first kappa shape index (κ1) is 20.7. The number of amides is 1. The van der Waals surface area contributed by atoms with Gasteiger partial charge >= 0.3 is 0 Å². The van der Waals surface area contributed by atoms with Gasteiger partial charge in [-0.2, -0.15) is 5.10 Å². The highest BCUT2D eigenvalue weighted by atomic mass is 35.5. The number of hydrogen-bond acceptors (Lipinski definition) is 4. The molecule has 0 radical (unpaired) electrons. The summed E-state index contributed by atoms with van der Waals surface area (Å²) in [6, 6.07) is 17.3. The van der Waals surface area contributed by atoms with E-state index in [1.807, 2.05) is 11.0 Å². The van der Waals surface area contributed by atoms with E-state index in [1.54, 1.807) is 35.1 Å². The van der Waals surface area contributed by atoms with E-state index in [1.165, 1.54) is 5.56 Å². The molecule has 3 aromatic rings. The number of ether oxygens (including phenoxy) is 1. The number of carbonyl (C=O) groups excluding carboxylic acids is 1. The highest BCUT2D eigenvalue weighted by Gasteiger charge is 2.23. The quantitative estimate of drug-likeness (QED) is 0.571. The first-order valence-electron chi connectivity index (χ1n) is 9.76. The van der Waals surface area contributed by atoms with Crippen LogP contribution in [0, 0.1) is 0 Å². The number of halogens is 2. The second-order valence-corrected chi connectivity index (χ2v) is 7.90. The minimum Gasteiger partial charge on any atom is -0.470 e. The second-order valence-electron chi connectivity index (χ2n) is 7.12. The van der Waals surface area contributed by atoms with Gasteiger partial charge in [-0.25, -0.2) is 4.68 Å². The Morgan fingerprint density at radius 1 is 0.967 bits per heavy atom. The molecule has 30 heavy (non-hydrogen) atoms. The monoisotopic (exact) mass is 444 g/mol. The Bertz CT molecular complexity index is 1000. The lowest BCUT2D eigenvalue weighted by Crippen LogP contribution is -2.48. The van der Waals surface area contributed by atoms with Crippen LogP contribution in [0.25, 0.3) is 0 Å². The van der Waals surface area contributed by atoms with Crippen LogP contribution in [-0.4, -0.2) is 51.7 Å². The molecule has 156 valence electrons. The molecule has 8 heteroatoms. The molecule has 1 aliphatic heterocycles. The molecule has 6 nitrogen and oxygen atoms in total. The van der Waals surface area contributed by atoms with Gasteiger partial charge in [-0.05, 0) is 23.8 Å². The maximum atomic E-state index is 12.8. The molecule has 1 saturated heterocycles. The van der Waals surface area contributed by atoms with E-state index in [0.717, 1.165) is 19.6 Å². The number of carbonyl (C=O) groups is 1. The van der Waals surface area contributed by atoms with Crippen molar-refractivity contribution in [1.82, 2.24) is 19.6 Å². The van der Waals surface area contributed by atoms with Gasteiger partial charge in [-0.1, -0.05) is 59.6 Å². The molecule has 0 unspecified atom stereocenters. The Hall–Kier alpha value is -2.54. The van der Waals surface area contributed by atoms with E-state index in [-0.39, 0.29) is 12.6 Å². The lowest BCUT2D eigenvalue weighted by atomic mass is 10.2. The third-order valence-electron chi connectivity index (χ3n) is 5.04. The van der Waals surface area contributed by atoms with Gasteiger partial charge in [0.1, 0.15) is 10.8 Å². The fourth-order valence-corrected chi connectivity index (χ4v) is 3.74. The van der Waals surface area contributed by atoms with Crippen molar-refractivity contribution in [2.75, 3.05) is 26.2 Å². The maximum absolute atomic E-state index is 12.8. The zero-order valence-corrected chi connectivity index (χ0v) is 17.9. The third kappa shape index (κ3) is 4.95. The highest BCUT2D eigenvalue weighted by Crippen LogP contribution is 2.31. The first-order chi connectivity index (χ1) is 14.6. The van der Waals surface area contributed by atoms with E-state index < -0.39 is 0 Å². The Morgan fingerprint density at radius 2 is 1.73 bits per heavy atom. The summed E-state index contributed by atoms with van der Waals surface area (Å²) in [4.78, 5) is 17.0. The smallest absolute Gasteiger partial charge is 0.274 e. The molecule has 1 aromatic heterocycles. The SMILES string of the molecule is O=C(c1ccn(COc2cccc(Cl)c2Cl)n1)N1CCN(Cc2ccccc2)CC1. The van der Waals surface area contributed by atoms with Gasteiger partial charge in [0.25, 0.3) is 5.91 Å². The molecular formula is C22H22Cl2N4O2. The Kier molecular flexibility index (Phi) is 6.57. The molecule has 0 aliphatic carbocycles. The van der Waals surface area contributed by atoms with Crippen LogP contribution >= 0.6 is 23.2 Å². The van der Waals surface area contributed by atoms with Crippen molar-refractivity contribution in [3.8, 4) is 5.75 Å². The average molecular weight is 445 g/mol. The minimum absolute atomic E-state index is 0.0612. The fourth-order valence-electron chi connectivity index (χ4n) is 3.39. The number of rotatable bonds is 6. The van der Waals surface area contributed by atoms with Crippen molar-refractivity contribution in [1.29, 1.82) is 0 Å². The molecule has 1 amide bonds. The maximum Gasteiger partial charge on any atom is 0.274 e. The van der Waals surface area contributed by atoms with Crippen LogP contribution in [-0.2, 0) is 13.3 Å². The predicted octanol–water partition coefficient (Wildman–Crippen LogP) is 4.18. The van der Waals surface area contributed by atoms with Crippen molar-refractivity contribution in [3.63, 3.8) is 0 Å². The van der Waals surface area contributed by atoms with Gasteiger partial charge in [-0.15, -0.1) is 0 Å². The number of hydrogen-bond donors (Lipinski definition) is 0. The van der Waals surface area contributed by atoms with E-state index in [0.29, 0.717) is 34.6 Å². The normalized spacial score (nSPS) is 14.7.